The highest BCUT2D eigenvalue weighted by atomic mass is 19.1. The van der Waals surface area contributed by atoms with Gasteiger partial charge in [0.2, 0.25) is 0 Å². The van der Waals surface area contributed by atoms with Crippen LogP contribution in [-0.2, 0) is 0 Å². The first-order valence-corrected chi connectivity index (χ1v) is 9.79. The lowest BCUT2D eigenvalue weighted by Gasteiger charge is -2.24. The second-order valence-electron chi connectivity index (χ2n) is 7.74. The third kappa shape index (κ3) is 3.11. The normalized spacial score (nSPS) is 19.9. The number of aromatic nitrogens is 4. The van der Waals surface area contributed by atoms with Crippen LogP contribution in [0.4, 0.5) is 14.6 Å². The molecule has 8 heteroatoms. The molecule has 0 bridgehead atoms. The lowest BCUT2D eigenvalue weighted by Crippen LogP contribution is -2.38. The number of piperidine rings is 1. The summed E-state index contributed by atoms with van der Waals surface area (Å²) < 4.78 is 30.6. The number of hydrogen-bond acceptors (Lipinski definition) is 5. The van der Waals surface area contributed by atoms with Gasteiger partial charge in [0.15, 0.2) is 23.1 Å². The van der Waals surface area contributed by atoms with Crippen LogP contribution in [0.3, 0.4) is 0 Å². The molecule has 146 valence electrons. The monoisotopic (exact) mass is 384 g/mol. The van der Waals surface area contributed by atoms with Crippen molar-refractivity contribution in [1.82, 2.24) is 24.9 Å². The molecule has 1 unspecified atom stereocenters. The van der Waals surface area contributed by atoms with Crippen molar-refractivity contribution in [2.24, 2.45) is 0 Å². The Morgan fingerprint density at radius 1 is 1.18 bits per heavy atom. The standard InChI is InChI=1S/C20H22F2N6/c1-11-7-17-24-10-16(28(17)27-18(11)12-4-5-12)19-14(21)8-15(22)20(26-19)25-13-3-2-6-23-9-13/h7-8,10,12-13,23H,2-6,9H2,1H3,(H,25,26). The van der Waals surface area contributed by atoms with E-state index in [1.54, 1.807) is 10.7 Å². The van der Waals surface area contributed by atoms with Crippen molar-refractivity contribution in [2.45, 2.75) is 44.6 Å². The van der Waals surface area contributed by atoms with Crippen LogP contribution in [0, 0.1) is 18.6 Å². The lowest BCUT2D eigenvalue weighted by molar-refractivity contribution is 0.475. The van der Waals surface area contributed by atoms with Gasteiger partial charge < -0.3 is 10.6 Å². The van der Waals surface area contributed by atoms with E-state index in [1.807, 2.05) is 13.0 Å². The summed E-state index contributed by atoms with van der Waals surface area (Å²) in [5.41, 5.74) is 3.22. The summed E-state index contributed by atoms with van der Waals surface area (Å²) in [6, 6.07) is 2.91. The quantitative estimate of drug-likeness (QED) is 0.722. The second-order valence-corrected chi connectivity index (χ2v) is 7.74. The van der Waals surface area contributed by atoms with Gasteiger partial charge in [-0.15, -0.1) is 0 Å². The Balaban J connectivity index is 1.56. The van der Waals surface area contributed by atoms with Crippen LogP contribution in [0.1, 0.15) is 42.9 Å². The molecule has 1 aliphatic heterocycles. The van der Waals surface area contributed by atoms with Gasteiger partial charge in [-0.2, -0.15) is 5.10 Å². The number of halogens is 2. The van der Waals surface area contributed by atoms with Gasteiger partial charge in [0, 0.05) is 24.6 Å². The zero-order valence-electron chi connectivity index (χ0n) is 15.7. The molecule has 2 fully saturated rings. The molecule has 0 spiro atoms. The number of aryl methyl sites for hydroxylation is 1. The topological polar surface area (TPSA) is 67.1 Å². The van der Waals surface area contributed by atoms with Crippen LogP contribution in [-0.4, -0.2) is 38.7 Å². The number of rotatable bonds is 4. The fourth-order valence-electron chi connectivity index (χ4n) is 3.86. The maximum atomic E-state index is 14.6. The first kappa shape index (κ1) is 17.5. The number of nitrogens with zero attached hydrogens (tertiary/aromatic N) is 4. The number of pyridine rings is 1. The van der Waals surface area contributed by atoms with E-state index in [1.165, 1.54) is 0 Å². The summed E-state index contributed by atoms with van der Waals surface area (Å²) in [6.07, 6.45) is 5.72. The summed E-state index contributed by atoms with van der Waals surface area (Å²) in [7, 11) is 0. The Hall–Kier alpha value is -2.61. The van der Waals surface area contributed by atoms with Gasteiger partial charge in [-0.1, -0.05) is 0 Å². The summed E-state index contributed by atoms with van der Waals surface area (Å²) in [4.78, 5) is 8.64. The summed E-state index contributed by atoms with van der Waals surface area (Å²) in [6.45, 7) is 3.71. The van der Waals surface area contributed by atoms with E-state index in [0.717, 1.165) is 56.1 Å². The van der Waals surface area contributed by atoms with Gasteiger partial charge in [-0.3, -0.25) is 0 Å². The second kappa shape index (κ2) is 6.77. The molecule has 6 nitrogen and oxygen atoms in total. The number of nitrogens with one attached hydrogen (secondary N) is 2. The highest BCUT2D eigenvalue weighted by molar-refractivity contribution is 5.63. The highest BCUT2D eigenvalue weighted by Gasteiger charge is 2.28. The maximum Gasteiger partial charge on any atom is 0.168 e. The third-order valence-corrected chi connectivity index (χ3v) is 5.50. The summed E-state index contributed by atoms with van der Waals surface area (Å²) >= 11 is 0. The van der Waals surface area contributed by atoms with Gasteiger partial charge >= 0.3 is 0 Å². The first-order chi connectivity index (χ1) is 13.6. The predicted octanol–water partition coefficient (Wildman–Crippen LogP) is 3.42. The molecule has 1 aliphatic carbocycles. The minimum absolute atomic E-state index is 0.0540. The lowest BCUT2D eigenvalue weighted by atomic mass is 10.1. The molecule has 0 aromatic carbocycles. The largest absolute Gasteiger partial charge is 0.364 e. The van der Waals surface area contributed by atoms with Gasteiger partial charge in [0.05, 0.1) is 11.9 Å². The Kier molecular flexibility index (Phi) is 4.23. The predicted molar refractivity (Wildman–Crippen MR) is 102 cm³/mol. The third-order valence-electron chi connectivity index (χ3n) is 5.50. The molecule has 1 atom stereocenters. The van der Waals surface area contributed by atoms with Gasteiger partial charge in [0.1, 0.15) is 11.4 Å². The van der Waals surface area contributed by atoms with Crippen molar-refractivity contribution in [1.29, 1.82) is 0 Å². The summed E-state index contributed by atoms with van der Waals surface area (Å²) in [5.74, 6) is -0.888. The molecule has 0 amide bonds. The molecule has 3 aromatic rings. The minimum Gasteiger partial charge on any atom is -0.364 e. The molecule has 0 radical (unpaired) electrons. The Labute approximate surface area is 161 Å². The van der Waals surface area contributed by atoms with E-state index in [4.69, 9.17) is 5.10 Å². The Bertz CT molecular complexity index is 1040. The smallest absolute Gasteiger partial charge is 0.168 e. The summed E-state index contributed by atoms with van der Waals surface area (Å²) in [5, 5.41) is 11.1. The number of hydrogen-bond donors (Lipinski definition) is 2. The molecule has 2 aliphatic rings. The minimum atomic E-state index is -0.720. The first-order valence-electron chi connectivity index (χ1n) is 9.79. The molecule has 28 heavy (non-hydrogen) atoms. The van der Waals surface area contributed by atoms with Gasteiger partial charge in [-0.05, 0) is 50.8 Å². The van der Waals surface area contributed by atoms with Crippen LogP contribution >= 0.6 is 0 Å². The fraction of sp³-hybridized carbons (Fsp3) is 0.450. The molecule has 1 saturated carbocycles. The van der Waals surface area contributed by atoms with E-state index in [-0.39, 0.29) is 17.6 Å². The molecular weight excluding hydrogens is 362 g/mol. The van der Waals surface area contributed by atoms with E-state index in [9.17, 15) is 8.78 Å². The van der Waals surface area contributed by atoms with E-state index in [2.05, 4.69) is 20.6 Å². The molecule has 5 rings (SSSR count). The van der Waals surface area contributed by atoms with E-state index < -0.39 is 11.6 Å². The average Bonchev–Trinajstić information content (AvgIpc) is 3.45. The van der Waals surface area contributed by atoms with Gasteiger partial charge in [0.25, 0.3) is 0 Å². The highest BCUT2D eigenvalue weighted by Crippen LogP contribution is 2.40. The molecule has 2 N–H and O–H groups in total. The average molecular weight is 384 g/mol. The van der Waals surface area contributed by atoms with Crippen molar-refractivity contribution < 1.29 is 8.78 Å². The number of anilines is 1. The zero-order valence-corrected chi connectivity index (χ0v) is 15.7. The molecular formula is C20H22F2N6. The SMILES string of the molecule is Cc1cc2ncc(-c3nc(NC4CCCNC4)c(F)cc3F)n2nc1C1CC1. The molecule has 1 saturated heterocycles. The van der Waals surface area contributed by atoms with Crippen LogP contribution in [0.5, 0.6) is 0 Å². The van der Waals surface area contributed by atoms with Crippen LogP contribution in [0.25, 0.3) is 17.0 Å². The van der Waals surface area contributed by atoms with Crippen LogP contribution in [0.2, 0.25) is 0 Å². The van der Waals surface area contributed by atoms with E-state index >= 15 is 0 Å². The Morgan fingerprint density at radius 3 is 2.79 bits per heavy atom. The van der Waals surface area contributed by atoms with E-state index in [0.29, 0.717) is 17.3 Å². The maximum absolute atomic E-state index is 14.6. The Morgan fingerprint density at radius 2 is 2.04 bits per heavy atom. The molecule has 3 aromatic heterocycles. The van der Waals surface area contributed by atoms with Crippen molar-refractivity contribution in [3.8, 4) is 11.4 Å². The van der Waals surface area contributed by atoms with Crippen molar-refractivity contribution in [3.63, 3.8) is 0 Å². The van der Waals surface area contributed by atoms with Crippen molar-refractivity contribution >= 4 is 11.5 Å². The van der Waals surface area contributed by atoms with Crippen molar-refractivity contribution in [3.05, 3.63) is 41.2 Å². The number of fused-ring (bicyclic) bond motifs is 1. The number of imidazole rings is 1. The fourth-order valence-corrected chi connectivity index (χ4v) is 3.86. The van der Waals surface area contributed by atoms with Gasteiger partial charge in [-0.25, -0.2) is 23.3 Å². The molecule has 4 heterocycles. The van der Waals surface area contributed by atoms with Crippen LogP contribution in [0.15, 0.2) is 18.3 Å². The van der Waals surface area contributed by atoms with Crippen molar-refractivity contribution in [2.75, 3.05) is 18.4 Å². The van der Waals surface area contributed by atoms with Crippen LogP contribution < -0.4 is 10.6 Å². The zero-order chi connectivity index (χ0) is 19.3.